The first kappa shape index (κ1) is 22.6. The number of hydrogen-bond donors (Lipinski definition) is 2. The molecule has 6 heteroatoms. The van der Waals surface area contributed by atoms with Gasteiger partial charge < -0.3 is 15.5 Å². The number of piperazine rings is 1. The van der Waals surface area contributed by atoms with E-state index in [0.717, 1.165) is 31.7 Å². The quantitative estimate of drug-likeness (QED) is 0.582. The van der Waals surface area contributed by atoms with Crippen molar-refractivity contribution in [3.05, 3.63) is 96.1 Å². The Morgan fingerprint density at radius 3 is 2.12 bits per heavy atom. The third-order valence-electron chi connectivity index (χ3n) is 5.95. The van der Waals surface area contributed by atoms with Crippen molar-refractivity contribution in [3.63, 3.8) is 0 Å². The molecule has 4 rings (SSSR count). The number of anilines is 2. The number of rotatable bonds is 7. The van der Waals surface area contributed by atoms with Crippen LogP contribution in [0.3, 0.4) is 0 Å². The van der Waals surface area contributed by atoms with Crippen LogP contribution < -0.4 is 15.5 Å². The first-order valence-corrected chi connectivity index (χ1v) is 11.4. The van der Waals surface area contributed by atoms with E-state index in [1.807, 2.05) is 61.5 Å². The number of carbonyl (C=O) groups is 2. The number of carbonyl (C=O) groups excluding carboxylic acids is 2. The topological polar surface area (TPSA) is 64.7 Å². The zero-order valence-electron chi connectivity index (χ0n) is 18.9. The summed E-state index contributed by atoms with van der Waals surface area (Å²) < 4.78 is 0. The first-order chi connectivity index (χ1) is 16.1. The number of para-hydroxylation sites is 2. The van der Waals surface area contributed by atoms with Crippen molar-refractivity contribution >= 4 is 23.2 Å². The molecule has 1 atom stereocenters. The molecule has 33 heavy (non-hydrogen) atoms. The Kier molecular flexibility index (Phi) is 7.37. The fourth-order valence-electron chi connectivity index (χ4n) is 4.09. The monoisotopic (exact) mass is 442 g/mol. The molecule has 0 aliphatic carbocycles. The highest BCUT2D eigenvalue weighted by Crippen LogP contribution is 2.19. The minimum Gasteiger partial charge on any atom is -0.369 e. The van der Waals surface area contributed by atoms with Gasteiger partial charge in [0.05, 0.1) is 23.8 Å². The third kappa shape index (κ3) is 5.99. The molecular weight excluding hydrogens is 412 g/mol. The van der Waals surface area contributed by atoms with Gasteiger partial charge in [0.25, 0.3) is 5.91 Å². The van der Waals surface area contributed by atoms with E-state index in [0.29, 0.717) is 17.8 Å². The van der Waals surface area contributed by atoms with E-state index in [1.54, 1.807) is 18.2 Å². The number of amides is 2. The highest BCUT2D eigenvalue weighted by atomic mass is 16.2. The van der Waals surface area contributed by atoms with Crippen LogP contribution in [-0.2, 0) is 4.79 Å². The smallest absolute Gasteiger partial charge is 0.253 e. The van der Waals surface area contributed by atoms with Gasteiger partial charge in [-0.05, 0) is 36.8 Å². The molecule has 1 fully saturated rings. The van der Waals surface area contributed by atoms with E-state index < -0.39 is 0 Å². The Hall–Kier alpha value is -3.64. The second kappa shape index (κ2) is 10.8. The van der Waals surface area contributed by atoms with Crippen molar-refractivity contribution in [1.29, 1.82) is 0 Å². The third-order valence-corrected chi connectivity index (χ3v) is 5.95. The fraction of sp³-hybridized carbons (Fsp3) is 0.259. The highest BCUT2D eigenvalue weighted by molar-refractivity contribution is 6.04. The Morgan fingerprint density at radius 2 is 1.42 bits per heavy atom. The van der Waals surface area contributed by atoms with Gasteiger partial charge in [0.2, 0.25) is 5.91 Å². The summed E-state index contributed by atoms with van der Waals surface area (Å²) in [4.78, 5) is 30.1. The van der Waals surface area contributed by atoms with Crippen LogP contribution in [0.5, 0.6) is 0 Å². The maximum atomic E-state index is 12.9. The van der Waals surface area contributed by atoms with Crippen molar-refractivity contribution in [1.82, 2.24) is 10.2 Å². The van der Waals surface area contributed by atoms with Crippen LogP contribution in [0.15, 0.2) is 84.9 Å². The van der Waals surface area contributed by atoms with E-state index in [2.05, 4.69) is 32.6 Å². The molecule has 2 N–H and O–H groups in total. The molecule has 2 amide bonds. The Labute approximate surface area is 195 Å². The van der Waals surface area contributed by atoms with Crippen LogP contribution in [0.4, 0.5) is 11.4 Å². The summed E-state index contributed by atoms with van der Waals surface area (Å²) >= 11 is 0. The molecule has 1 saturated heterocycles. The van der Waals surface area contributed by atoms with Gasteiger partial charge in [-0.3, -0.25) is 14.5 Å². The summed E-state index contributed by atoms with van der Waals surface area (Å²) in [5.74, 6) is -0.321. The molecular formula is C27H30N4O2. The molecule has 1 aliphatic rings. The predicted molar refractivity (Wildman–Crippen MR) is 132 cm³/mol. The maximum Gasteiger partial charge on any atom is 0.253 e. The van der Waals surface area contributed by atoms with Crippen molar-refractivity contribution in [2.75, 3.05) is 42.9 Å². The maximum absolute atomic E-state index is 12.9. The average Bonchev–Trinajstić information content (AvgIpc) is 2.86. The van der Waals surface area contributed by atoms with Crippen LogP contribution in [0.25, 0.3) is 0 Å². The standard InChI is InChI=1S/C27H30N4O2/c1-21(22-10-4-2-5-11-22)28-27(33)24-14-8-9-15-25(24)29-26(32)20-30-16-18-31(19-17-30)23-12-6-3-7-13-23/h2-15,21H,16-20H2,1H3,(H,28,33)(H,29,32). The molecule has 1 aliphatic heterocycles. The van der Waals surface area contributed by atoms with Crippen molar-refractivity contribution < 1.29 is 9.59 Å². The average molecular weight is 443 g/mol. The van der Waals surface area contributed by atoms with Gasteiger partial charge in [-0.1, -0.05) is 60.7 Å². The predicted octanol–water partition coefficient (Wildman–Crippen LogP) is 3.94. The van der Waals surface area contributed by atoms with Gasteiger partial charge in [-0.15, -0.1) is 0 Å². The van der Waals surface area contributed by atoms with Crippen LogP contribution in [0.2, 0.25) is 0 Å². The molecule has 1 heterocycles. The van der Waals surface area contributed by atoms with E-state index in [4.69, 9.17) is 0 Å². The molecule has 0 radical (unpaired) electrons. The summed E-state index contributed by atoms with van der Waals surface area (Å²) in [6.45, 7) is 5.65. The lowest BCUT2D eigenvalue weighted by Gasteiger charge is -2.35. The minimum absolute atomic E-state index is 0.112. The lowest BCUT2D eigenvalue weighted by atomic mass is 10.1. The van der Waals surface area contributed by atoms with Gasteiger partial charge in [-0.2, -0.15) is 0 Å². The summed E-state index contributed by atoms with van der Waals surface area (Å²) in [5.41, 5.74) is 3.24. The largest absolute Gasteiger partial charge is 0.369 e. The summed E-state index contributed by atoms with van der Waals surface area (Å²) in [5, 5.41) is 5.96. The zero-order chi connectivity index (χ0) is 23.0. The van der Waals surface area contributed by atoms with Crippen molar-refractivity contribution in [2.24, 2.45) is 0 Å². The number of nitrogens with zero attached hydrogens (tertiary/aromatic N) is 2. The number of nitrogens with one attached hydrogen (secondary N) is 2. The summed E-state index contributed by atoms with van der Waals surface area (Å²) in [6.07, 6.45) is 0. The molecule has 0 saturated carbocycles. The second-order valence-corrected chi connectivity index (χ2v) is 8.30. The SMILES string of the molecule is CC(NC(=O)c1ccccc1NC(=O)CN1CCN(c2ccccc2)CC1)c1ccccc1. The molecule has 0 aromatic heterocycles. The van der Waals surface area contributed by atoms with Gasteiger partial charge in [0.15, 0.2) is 0 Å². The number of hydrogen-bond acceptors (Lipinski definition) is 4. The molecule has 6 nitrogen and oxygen atoms in total. The van der Waals surface area contributed by atoms with Crippen molar-refractivity contribution in [3.8, 4) is 0 Å². The molecule has 3 aromatic rings. The first-order valence-electron chi connectivity index (χ1n) is 11.4. The molecule has 170 valence electrons. The lowest BCUT2D eigenvalue weighted by Crippen LogP contribution is -2.48. The van der Waals surface area contributed by atoms with E-state index in [9.17, 15) is 9.59 Å². The molecule has 1 unspecified atom stereocenters. The fourth-order valence-corrected chi connectivity index (χ4v) is 4.09. The van der Waals surface area contributed by atoms with Gasteiger partial charge in [-0.25, -0.2) is 0 Å². The second-order valence-electron chi connectivity index (χ2n) is 8.30. The Balaban J connectivity index is 1.32. The summed E-state index contributed by atoms with van der Waals surface area (Å²) in [7, 11) is 0. The Morgan fingerprint density at radius 1 is 0.818 bits per heavy atom. The van der Waals surface area contributed by atoms with Gasteiger partial charge >= 0.3 is 0 Å². The molecule has 3 aromatic carbocycles. The van der Waals surface area contributed by atoms with Crippen molar-refractivity contribution in [2.45, 2.75) is 13.0 Å². The highest BCUT2D eigenvalue weighted by Gasteiger charge is 2.21. The lowest BCUT2D eigenvalue weighted by molar-refractivity contribution is -0.117. The molecule has 0 spiro atoms. The Bertz CT molecular complexity index is 1060. The van der Waals surface area contributed by atoms with Crippen LogP contribution in [-0.4, -0.2) is 49.4 Å². The van der Waals surface area contributed by atoms with Crippen LogP contribution in [0.1, 0.15) is 28.9 Å². The van der Waals surface area contributed by atoms with Gasteiger partial charge in [0.1, 0.15) is 0 Å². The van der Waals surface area contributed by atoms with Crippen LogP contribution >= 0.6 is 0 Å². The van der Waals surface area contributed by atoms with Gasteiger partial charge in [0, 0.05) is 31.9 Å². The molecule has 0 bridgehead atoms. The van der Waals surface area contributed by atoms with Crippen LogP contribution in [0, 0.1) is 0 Å². The van der Waals surface area contributed by atoms with E-state index >= 15 is 0 Å². The normalized spacial score (nSPS) is 15.0. The number of benzene rings is 3. The van der Waals surface area contributed by atoms with E-state index in [1.165, 1.54) is 5.69 Å². The van der Waals surface area contributed by atoms with E-state index in [-0.39, 0.29) is 17.9 Å². The minimum atomic E-state index is -0.210. The summed E-state index contributed by atoms with van der Waals surface area (Å²) in [6, 6.07) is 27.2. The zero-order valence-corrected chi connectivity index (χ0v) is 18.9.